The molecule has 15 heavy (non-hydrogen) atoms. The molecule has 0 fully saturated rings. The molecular weight excluding hydrogens is 252 g/mol. The van der Waals surface area contributed by atoms with E-state index in [0.717, 1.165) is 16.5 Å². The van der Waals surface area contributed by atoms with Crippen LogP contribution in [0.1, 0.15) is 5.56 Å². The molecule has 2 heteroatoms. The van der Waals surface area contributed by atoms with Gasteiger partial charge in [0.1, 0.15) is 5.75 Å². The summed E-state index contributed by atoms with van der Waals surface area (Å²) in [5.41, 5.74) is 3.43. The van der Waals surface area contributed by atoms with Gasteiger partial charge in [0.25, 0.3) is 0 Å². The summed E-state index contributed by atoms with van der Waals surface area (Å²) in [6.07, 6.45) is 0. The largest absolute Gasteiger partial charge is 0.508 e. The lowest BCUT2D eigenvalue weighted by atomic mass is 10.0. The van der Waals surface area contributed by atoms with Crippen LogP contribution in [0.15, 0.2) is 48.5 Å². The van der Waals surface area contributed by atoms with Crippen molar-refractivity contribution in [2.45, 2.75) is 5.33 Å². The number of hydrogen-bond acceptors (Lipinski definition) is 1. The van der Waals surface area contributed by atoms with Crippen molar-refractivity contribution in [2.24, 2.45) is 0 Å². The van der Waals surface area contributed by atoms with Crippen molar-refractivity contribution in [3.8, 4) is 16.9 Å². The molecule has 0 aliphatic heterocycles. The molecule has 0 aliphatic rings. The number of halogens is 1. The third-order valence-corrected chi connectivity index (χ3v) is 2.92. The summed E-state index contributed by atoms with van der Waals surface area (Å²) in [4.78, 5) is 0. The first-order valence-electron chi connectivity index (χ1n) is 4.74. The Bertz CT molecular complexity index is 466. The van der Waals surface area contributed by atoms with E-state index in [-0.39, 0.29) is 0 Å². The van der Waals surface area contributed by atoms with E-state index < -0.39 is 0 Å². The van der Waals surface area contributed by atoms with Crippen LogP contribution in [0, 0.1) is 0 Å². The van der Waals surface area contributed by atoms with E-state index in [0.29, 0.717) is 5.75 Å². The fourth-order valence-electron chi connectivity index (χ4n) is 1.59. The highest BCUT2D eigenvalue weighted by Gasteiger charge is 2.03. The van der Waals surface area contributed by atoms with Gasteiger partial charge in [0.15, 0.2) is 0 Å². The third-order valence-electron chi connectivity index (χ3n) is 2.32. The Balaban J connectivity index is 2.53. The van der Waals surface area contributed by atoms with Crippen LogP contribution < -0.4 is 0 Å². The zero-order chi connectivity index (χ0) is 10.7. The van der Waals surface area contributed by atoms with Gasteiger partial charge in [-0.2, -0.15) is 0 Å². The highest BCUT2D eigenvalue weighted by molar-refractivity contribution is 9.08. The van der Waals surface area contributed by atoms with Crippen LogP contribution in [-0.2, 0) is 5.33 Å². The second kappa shape index (κ2) is 4.49. The van der Waals surface area contributed by atoms with E-state index >= 15 is 0 Å². The van der Waals surface area contributed by atoms with E-state index in [2.05, 4.69) is 28.1 Å². The topological polar surface area (TPSA) is 20.2 Å². The lowest BCUT2D eigenvalue weighted by Gasteiger charge is -2.07. The molecule has 0 saturated carbocycles. The van der Waals surface area contributed by atoms with Gasteiger partial charge >= 0.3 is 0 Å². The van der Waals surface area contributed by atoms with Crippen molar-refractivity contribution >= 4 is 15.9 Å². The van der Waals surface area contributed by atoms with Gasteiger partial charge in [0.2, 0.25) is 0 Å². The molecule has 0 unspecified atom stereocenters. The molecule has 0 saturated heterocycles. The Kier molecular flexibility index (Phi) is 3.07. The zero-order valence-electron chi connectivity index (χ0n) is 8.15. The molecule has 0 radical (unpaired) electrons. The van der Waals surface area contributed by atoms with Gasteiger partial charge in [-0.25, -0.2) is 0 Å². The van der Waals surface area contributed by atoms with Crippen LogP contribution in [0.3, 0.4) is 0 Å². The summed E-state index contributed by atoms with van der Waals surface area (Å²) >= 11 is 3.46. The molecule has 0 amide bonds. The van der Waals surface area contributed by atoms with Gasteiger partial charge in [-0.15, -0.1) is 0 Å². The summed E-state index contributed by atoms with van der Waals surface area (Å²) < 4.78 is 0. The van der Waals surface area contributed by atoms with Crippen LogP contribution in [0.5, 0.6) is 5.75 Å². The Morgan fingerprint density at radius 3 is 2.53 bits per heavy atom. The number of aromatic hydroxyl groups is 1. The molecule has 0 aromatic heterocycles. The van der Waals surface area contributed by atoms with Crippen molar-refractivity contribution in [1.29, 1.82) is 0 Å². The first-order valence-corrected chi connectivity index (χ1v) is 5.86. The molecule has 2 aromatic rings. The molecule has 2 rings (SSSR count). The molecular formula is C13H11BrO. The van der Waals surface area contributed by atoms with Crippen molar-refractivity contribution < 1.29 is 5.11 Å². The molecule has 0 heterocycles. The Labute approximate surface area is 97.5 Å². The second-order valence-electron chi connectivity index (χ2n) is 3.34. The highest BCUT2D eigenvalue weighted by atomic mass is 79.9. The van der Waals surface area contributed by atoms with Crippen LogP contribution in [0.25, 0.3) is 11.1 Å². The smallest absolute Gasteiger partial charge is 0.116 e. The Morgan fingerprint density at radius 2 is 1.80 bits per heavy atom. The number of rotatable bonds is 2. The van der Waals surface area contributed by atoms with Gasteiger partial charge in [0.05, 0.1) is 0 Å². The first-order chi connectivity index (χ1) is 7.31. The van der Waals surface area contributed by atoms with E-state index in [4.69, 9.17) is 0 Å². The summed E-state index contributed by atoms with van der Waals surface area (Å²) in [7, 11) is 0. The minimum atomic E-state index is 0.303. The second-order valence-corrected chi connectivity index (χ2v) is 3.90. The molecule has 76 valence electrons. The van der Waals surface area contributed by atoms with E-state index in [1.807, 2.05) is 24.3 Å². The standard InChI is InChI=1S/C13H11BrO/c14-9-11-4-1-2-7-13(11)10-5-3-6-12(15)8-10/h1-8,15H,9H2. The fourth-order valence-corrected chi connectivity index (χ4v) is 2.08. The maximum atomic E-state index is 9.43. The SMILES string of the molecule is Oc1cccc(-c2ccccc2CBr)c1. The summed E-state index contributed by atoms with van der Waals surface area (Å²) in [6.45, 7) is 0. The molecule has 0 spiro atoms. The summed E-state index contributed by atoms with van der Waals surface area (Å²) in [5, 5.41) is 10.2. The zero-order valence-corrected chi connectivity index (χ0v) is 9.74. The lowest BCUT2D eigenvalue weighted by molar-refractivity contribution is 0.475. The predicted octanol–water partition coefficient (Wildman–Crippen LogP) is 3.95. The summed E-state index contributed by atoms with van der Waals surface area (Å²) in [5.74, 6) is 0.303. The van der Waals surface area contributed by atoms with E-state index in [9.17, 15) is 5.11 Å². The average Bonchev–Trinajstić information content (AvgIpc) is 2.29. The van der Waals surface area contributed by atoms with Crippen LogP contribution in [0.4, 0.5) is 0 Å². The quantitative estimate of drug-likeness (QED) is 0.813. The van der Waals surface area contributed by atoms with Crippen molar-refractivity contribution in [3.05, 3.63) is 54.1 Å². The monoisotopic (exact) mass is 262 g/mol. The highest BCUT2D eigenvalue weighted by Crippen LogP contribution is 2.27. The molecule has 1 nitrogen and oxygen atoms in total. The van der Waals surface area contributed by atoms with Crippen molar-refractivity contribution in [2.75, 3.05) is 0 Å². The Hall–Kier alpha value is -1.28. The fraction of sp³-hybridized carbons (Fsp3) is 0.0769. The normalized spacial score (nSPS) is 10.2. The molecule has 2 aromatic carbocycles. The number of hydrogen-bond donors (Lipinski definition) is 1. The summed E-state index contributed by atoms with van der Waals surface area (Å²) in [6, 6.07) is 15.5. The van der Waals surface area contributed by atoms with Gasteiger partial charge in [-0.3, -0.25) is 0 Å². The van der Waals surface area contributed by atoms with Crippen LogP contribution >= 0.6 is 15.9 Å². The van der Waals surface area contributed by atoms with Crippen LogP contribution in [0.2, 0.25) is 0 Å². The van der Waals surface area contributed by atoms with Gasteiger partial charge in [-0.05, 0) is 28.8 Å². The Morgan fingerprint density at radius 1 is 1.00 bits per heavy atom. The number of alkyl halides is 1. The van der Waals surface area contributed by atoms with E-state index in [1.54, 1.807) is 12.1 Å². The van der Waals surface area contributed by atoms with Gasteiger partial charge in [0, 0.05) is 5.33 Å². The molecule has 0 aliphatic carbocycles. The number of phenolic OH excluding ortho intramolecular Hbond substituents is 1. The number of benzene rings is 2. The first kappa shape index (κ1) is 10.2. The van der Waals surface area contributed by atoms with Crippen LogP contribution in [-0.4, -0.2) is 5.11 Å². The third kappa shape index (κ3) is 2.21. The maximum absolute atomic E-state index is 9.43. The van der Waals surface area contributed by atoms with Crippen molar-refractivity contribution in [1.82, 2.24) is 0 Å². The van der Waals surface area contributed by atoms with Gasteiger partial charge < -0.3 is 5.11 Å². The van der Waals surface area contributed by atoms with Crippen molar-refractivity contribution in [3.63, 3.8) is 0 Å². The van der Waals surface area contributed by atoms with Gasteiger partial charge in [-0.1, -0.05) is 52.3 Å². The minimum Gasteiger partial charge on any atom is -0.508 e. The average molecular weight is 263 g/mol. The predicted molar refractivity (Wildman–Crippen MR) is 66.2 cm³/mol. The molecule has 0 bridgehead atoms. The molecule has 0 atom stereocenters. The molecule has 1 N–H and O–H groups in total. The van der Waals surface area contributed by atoms with E-state index in [1.165, 1.54) is 5.56 Å². The maximum Gasteiger partial charge on any atom is 0.116 e. The lowest BCUT2D eigenvalue weighted by Crippen LogP contribution is -1.84. The number of phenols is 1. The minimum absolute atomic E-state index is 0.303.